The SMILES string of the molecule is Cc1cc(C)cc(P(CCNCCP(c2cc(C)cc(C)c2)c2cc(C)cc(C)c2)c2cc(C)cc(C)c2)c1. The van der Waals surface area contributed by atoms with Gasteiger partial charge in [0.05, 0.1) is 0 Å². The van der Waals surface area contributed by atoms with Gasteiger partial charge in [0.2, 0.25) is 0 Å². The zero-order valence-electron chi connectivity index (χ0n) is 25.2. The lowest BCUT2D eigenvalue weighted by Crippen LogP contribution is -2.27. The summed E-state index contributed by atoms with van der Waals surface area (Å²) in [4.78, 5) is 0. The van der Waals surface area contributed by atoms with Crippen molar-refractivity contribution in [1.29, 1.82) is 0 Å². The Hall–Kier alpha value is -2.30. The molecule has 0 saturated carbocycles. The van der Waals surface area contributed by atoms with E-state index in [-0.39, 0.29) is 0 Å². The molecule has 204 valence electrons. The highest BCUT2D eigenvalue weighted by molar-refractivity contribution is 7.73. The molecule has 0 radical (unpaired) electrons. The van der Waals surface area contributed by atoms with Crippen molar-refractivity contribution in [2.45, 2.75) is 55.4 Å². The Morgan fingerprint density at radius 1 is 0.359 bits per heavy atom. The van der Waals surface area contributed by atoms with Crippen LogP contribution in [0.1, 0.15) is 44.5 Å². The van der Waals surface area contributed by atoms with Gasteiger partial charge in [-0.25, -0.2) is 0 Å². The third-order valence-electron chi connectivity index (χ3n) is 7.10. The van der Waals surface area contributed by atoms with Crippen LogP contribution in [0.25, 0.3) is 0 Å². The summed E-state index contributed by atoms with van der Waals surface area (Å²) in [7, 11) is -0.820. The predicted molar refractivity (Wildman–Crippen MR) is 179 cm³/mol. The van der Waals surface area contributed by atoms with Gasteiger partial charge in [0.15, 0.2) is 0 Å². The molecule has 0 aromatic heterocycles. The van der Waals surface area contributed by atoms with E-state index in [4.69, 9.17) is 0 Å². The Balaban J connectivity index is 1.51. The van der Waals surface area contributed by atoms with Crippen LogP contribution in [0.15, 0.2) is 72.8 Å². The van der Waals surface area contributed by atoms with Crippen molar-refractivity contribution >= 4 is 37.1 Å². The number of hydrogen-bond donors (Lipinski definition) is 1. The maximum Gasteiger partial charge on any atom is -0.000332 e. The second-order valence-corrected chi connectivity index (χ2v) is 16.1. The van der Waals surface area contributed by atoms with Crippen molar-refractivity contribution < 1.29 is 0 Å². The topological polar surface area (TPSA) is 12.0 Å². The van der Waals surface area contributed by atoms with Crippen LogP contribution in [0, 0.1) is 55.4 Å². The molecule has 0 unspecified atom stereocenters. The molecular weight excluding hydrogens is 508 g/mol. The average Bonchev–Trinajstić information content (AvgIpc) is 2.81. The second kappa shape index (κ2) is 13.4. The normalized spacial score (nSPS) is 11.5. The molecule has 0 saturated heterocycles. The lowest BCUT2D eigenvalue weighted by atomic mass is 10.2. The Bertz CT molecular complexity index is 1150. The van der Waals surface area contributed by atoms with Gasteiger partial charge in [-0.2, -0.15) is 0 Å². The van der Waals surface area contributed by atoms with Crippen LogP contribution in [0.5, 0.6) is 0 Å². The molecule has 39 heavy (non-hydrogen) atoms. The van der Waals surface area contributed by atoms with Gasteiger partial charge in [-0.15, -0.1) is 0 Å². The predicted octanol–water partition coefficient (Wildman–Crippen LogP) is 7.31. The second-order valence-electron chi connectivity index (χ2n) is 11.4. The maximum absolute atomic E-state index is 3.87. The number of benzene rings is 4. The first kappa shape index (κ1) is 29.7. The number of rotatable bonds is 10. The number of aryl methyl sites for hydroxylation is 8. The van der Waals surface area contributed by atoms with E-state index >= 15 is 0 Å². The Kier molecular flexibility index (Phi) is 10.2. The Morgan fingerprint density at radius 3 is 0.769 bits per heavy atom. The minimum absolute atomic E-state index is 0.410. The lowest BCUT2D eigenvalue weighted by Gasteiger charge is -2.23. The third-order valence-corrected chi connectivity index (χ3v) is 12.0. The fraction of sp³-hybridized carbons (Fsp3) is 0.333. The molecule has 4 aromatic rings. The summed E-state index contributed by atoms with van der Waals surface area (Å²) < 4.78 is 0. The van der Waals surface area contributed by atoms with Gasteiger partial charge in [-0.1, -0.05) is 117 Å². The van der Waals surface area contributed by atoms with Gasteiger partial charge < -0.3 is 5.32 Å². The third kappa shape index (κ3) is 8.35. The van der Waals surface area contributed by atoms with Crippen LogP contribution in [0.3, 0.4) is 0 Å². The van der Waals surface area contributed by atoms with Crippen LogP contribution in [-0.2, 0) is 0 Å². The molecule has 4 rings (SSSR count). The summed E-state index contributed by atoms with van der Waals surface area (Å²) in [6.45, 7) is 19.9. The Morgan fingerprint density at radius 2 is 0.564 bits per heavy atom. The summed E-state index contributed by atoms with van der Waals surface area (Å²) in [6.07, 6.45) is 2.32. The van der Waals surface area contributed by atoms with E-state index in [0.29, 0.717) is 0 Å². The quantitative estimate of drug-likeness (QED) is 0.160. The molecule has 0 fully saturated rings. The molecule has 1 nitrogen and oxygen atoms in total. The van der Waals surface area contributed by atoms with Gasteiger partial charge in [0.1, 0.15) is 0 Å². The highest BCUT2D eigenvalue weighted by Crippen LogP contribution is 2.36. The van der Waals surface area contributed by atoms with Crippen molar-refractivity contribution in [3.63, 3.8) is 0 Å². The first-order valence-electron chi connectivity index (χ1n) is 14.2. The molecule has 1 N–H and O–H groups in total. The van der Waals surface area contributed by atoms with E-state index in [2.05, 4.69) is 134 Å². The van der Waals surface area contributed by atoms with E-state index < -0.39 is 15.8 Å². The molecule has 0 bridgehead atoms. The zero-order chi connectivity index (χ0) is 28.1. The van der Waals surface area contributed by atoms with Crippen LogP contribution in [0.4, 0.5) is 0 Å². The van der Waals surface area contributed by atoms with Crippen molar-refractivity contribution in [2.75, 3.05) is 25.4 Å². The van der Waals surface area contributed by atoms with Gasteiger partial charge in [0.25, 0.3) is 0 Å². The van der Waals surface area contributed by atoms with Crippen molar-refractivity contribution in [2.24, 2.45) is 0 Å². The van der Waals surface area contributed by atoms with Gasteiger partial charge >= 0.3 is 0 Å². The minimum atomic E-state index is -0.410. The van der Waals surface area contributed by atoms with Crippen LogP contribution in [0.2, 0.25) is 0 Å². The molecule has 0 aliphatic rings. The smallest absolute Gasteiger partial charge is 0.000332 e. The van der Waals surface area contributed by atoms with E-state index in [1.54, 1.807) is 0 Å². The zero-order valence-corrected chi connectivity index (χ0v) is 26.9. The molecule has 0 aliphatic carbocycles. The molecule has 4 aromatic carbocycles. The summed E-state index contributed by atoms with van der Waals surface area (Å²) in [5.74, 6) is 0. The molecule has 0 amide bonds. The first-order valence-corrected chi connectivity index (χ1v) is 17.2. The standard InChI is InChI=1S/C36H45NP2/c1-25-13-26(2)18-33(17-25)38(34-19-27(3)14-28(4)20-34)11-9-37-10-12-39(35-21-29(5)15-30(6)22-35)36-23-31(7)16-32(8)24-36/h13-24,37H,9-12H2,1-8H3. The van der Waals surface area contributed by atoms with E-state index in [9.17, 15) is 0 Å². The summed E-state index contributed by atoms with van der Waals surface area (Å²) in [5.41, 5.74) is 10.9. The molecule has 0 atom stereocenters. The van der Waals surface area contributed by atoms with Gasteiger partial charge in [-0.05, 0) is 118 Å². The van der Waals surface area contributed by atoms with Gasteiger partial charge in [-0.3, -0.25) is 0 Å². The molecule has 0 heterocycles. The van der Waals surface area contributed by atoms with Crippen molar-refractivity contribution in [1.82, 2.24) is 5.32 Å². The van der Waals surface area contributed by atoms with E-state index in [0.717, 1.165) is 25.4 Å². The number of hydrogen-bond acceptors (Lipinski definition) is 1. The van der Waals surface area contributed by atoms with Gasteiger partial charge in [0, 0.05) is 0 Å². The Labute approximate surface area is 240 Å². The molecule has 0 spiro atoms. The summed E-state index contributed by atoms with van der Waals surface area (Å²) in [6, 6.07) is 28.5. The van der Waals surface area contributed by atoms with Crippen LogP contribution in [-0.4, -0.2) is 25.4 Å². The average molecular weight is 554 g/mol. The molecular formula is C36H45NP2. The van der Waals surface area contributed by atoms with E-state index in [1.165, 1.54) is 65.7 Å². The summed E-state index contributed by atoms with van der Waals surface area (Å²) in [5, 5.41) is 9.88. The summed E-state index contributed by atoms with van der Waals surface area (Å²) >= 11 is 0. The molecule has 0 aliphatic heterocycles. The number of nitrogens with one attached hydrogen (secondary N) is 1. The highest BCUT2D eigenvalue weighted by Gasteiger charge is 2.18. The van der Waals surface area contributed by atoms with E-state index in [1.807, 2.05) is 0 Å². The highest BCUT2D eigenvalue weighted by atomic mass is 31.1. The van der Waals surface area contributed by atoms with Crippen LogP contribution >= 0.6 is 15.8 Å². The first-order chi connectivity index (χ1) is 18.6. The van der Waals surface area contributed by atoms with Crippen molar-refractivity contribution in [3.8, 4) is 0 Å². The van der Waals surface area contributed by atoms with Crippen LogP contribution < -0.4 is 26.5 Å². The largest absolute Gasteiger partial charge is 0.316 e. The maximum atomic E-state index is 3.87. The minimum Gasteiger partial charge on any atom is -0.316 e. The fourth-order valence-electron chi connectivity index (χ4n) is 5.75. The lowest BCUT2D eigenvalue weighted by molar-refractivity contribution is 0.771. The monoisotopic (exact) mass is 553 g/mol. The fourth-order valence-corrected chi connectivity index (χ4v) is 11.0. The molecule has 3 heteroatoms. The van der Waals surface area contributed by atoms with Crippen molar-refractivity contribution in [3.05, 3.63) is 117 Å².